The van der Waals surface area contributed by atoms with E-state index in [2.05, 4.69) is 5.10 Å². The molecule has 1 aromatic heterocycles. The first-order chi connectivity index (χ1) is 9.65. The highest BCUT2D eigenvalue weighted by atomic mass is 16.3. The maximum Gasteiger partial charge on any atom is 0.268 e. The predicted molar refractivity (Wildman–Crippen MR) is 78.4 cm³/mol. The zero-order valence-electron chi connectivity index (χ0n) is 10.8. The molecule has 0 aliphatic carbocycles. The predicted octanol–water partition coefficient (Wildman–Crippen LogP) is 1.65. The molecule has 4 N–H and O–H groups in total. The second-order valence-electron chi connectivity index (χ2n) is 4.74. The SMILES string of the molecule is Nc1cc(=O)n(CC(O)c2cccc3ccccc23)[nH]1. The van der Waals surface area contributed by atoms with Crippen molar-refractivity contribution >= 4 is 16.6 Å². The number of aromatic amines is 1. The molecule has 0 aliphatic rings. The van der Waals surface area contributed by atoms with Crippen LogP contribution >= 0.6 is 0 Å². The van der Waals surface area contributed by atoms with Gasteiger partial charge in [0, 0.05) is 6.07 Å². The minimum Gasteiger partial charge on any atom is -0.386 e. The molecule has 3 rings (SSSR count). The van der Waals surface area contributed by atoms with Crippen molar-refractivity contribution in [1.82, 2.24) is 9.78 Å². The van der Waals surface area contributed by atoms with Crippen LogP contribution in [0.15, 0.2) is 53.3 Å². The Balaban J connectivity index is 1.98. The number of benzene rings is 2. The van der Waals surface area contributed by atoms with Gasteiger partial charge >= 0.3 is 0 Å². The van der Waals surface area contributed by atoms with Gasteiger partial charge in [-0.1, -0.05) is 42.5 Å². The smallest absolute Gasteiger partial charge is 0.268 e. The summed E-state index contributed by atoms with van der Waals surface area (Å²) in [5, 5.41) is 15.1. The molecule has 0 amide bonds. The van der Waals surface area contributed by atoms with E-state index in [1.165, 1.54) is 10.7 Å². The van der Waals surface area contributed by atoms with E-state index in [4.69, 9.17) is 5.73 Å². The average molecular weight is 269 g/mol. The van der Waals surface area contributed by atoms with Gasteiger partial charge in [-0.25, -0.2) is 4.68 Å². The van der Waals surface area contributed by atoms with Crippen LogP contribution in [0.25, 0.3) is 10.8 Å². The van der Waals surface area contributed by atoms with Crippen molar-refractivity contribution in [2.45, 2.75) is 12.6 Å². The third kappa shape index (κ3) is 2.19. The van der Waals surface area contributed by atoms with Crippen LogP contribution in [0.4, 0.5) is 5.82 Å². The molecule has 2 aromatic carbocycles. The number of hydrogen-bond acceptors (Lipinski definition) is 3. The van der Waals surface area contributed by atoms with Crippen molar-refractivity contribution < 1.29 is 5.11 Å². The quantitative estimate of drug-likeness (QED) is 0.676. The molecule has 20 heavy (non-hydrogen) atoms. The van der Waals surface area contributed by atoms with Gasteiger partial charge in [0.15, 0.2) is 0 Å². The number of nitrogens with zero attached hydrogens (tertiary/aromatic N) is 1. The summed E-state index contributed by atoms with van der Waals surface area (Å²) in [5.41, 5.74) is 6.07. The van der Waals surface area contributed by atoms with Gasteiger partial charge in [0.25, 0.3) is 5.56 Å². The molecule has 0 radical (unpaired) electrons. The summed E-state index contributed by atoms with van der Waals surface area (Å²) in [6.07, 6.45) is -0.781. The Morgan fingerprint density at radius 3 is 2.70 bits per heavy atom. The Hall–Kier alpha value is -2.53. The topological polar surface area (TPSA) is 84.0 Å². The molecule has 5 heteroatoms. The normalized spacial score (nSPS) is 12.7. The zero-order valence-corrected chi connectivity index (χ0v) is 10.8. The maximum atomic E-state index is 11.6. The average Bonchev–Trinajstić information content (AvgIpc) is 2.76. The number of hydrogen-bond donors (Lipinski definition) is 3. The second-order valence-corrected chi connectivity index (χ2v) is 4.74. The van der Waals surface area contributed by atoms with E-state index in [1.807, 2.05) is 42.5 Å². The van der Waals surface area contributed by atoms with Crippen LogP contribution in [-0.2, 0) is 6.54 Å². The first kappa shape index (κ1) is 12.5. The largest absolute Gasteiger partial charge is 0.386 e. The van der Waals surface area contributed by atoms with Gasteiger partial charge in [-0.15, -0.1) is 0 Å². The number of nitrogen functional groups attached to an aromatic ring is 1. The van der Waals surface area contributed by atoms with Crippen LogP contribution in [0.2, 0.25) is 0 Å². The highest BCUT2D eigenvalue weighted by Gasteiger charge is 2.13. The van der Waals surface area contributed by atoms with Crippen LogP contribution < -0.4 is 11.3 Å². The van der Waals surface area contributed by atoms with Gasteiger partial charge in [-0.05, 0) is 16.3 Å². The van der Waals surface area contributed by atoms with E-state index in [9.17, 15) is 9.90 Å². The van der Waals surface area contributed by atoms with E-state index in [1.54, 1.807) is 0 Å². The maximum absolute atomic E-state index is 11.6. The van der Waals surface area contributed by atoms with Crippen molar-refractivity contribution in [1.29, 1.82) is 0 Å². The highest BCUT2D eigenvalue weighted by Crippen LogP contribution is 2.24. The number of anilines is 1. The lowest BCUT2D eigenvalue weighted by Crippen LogP contribution is -2.20. The summed E-state index contributed by atoms with van der Waals surface area (Å²) in [4.78, 5) is 11.6. The fourth-order valence-corrected chi connectivity index (χ4v) is 2.40. The molecule has 1 heterocycles. The molecule has 0 aliphatic heterocycles. The van der Waals surface area contributed by atoms with Gasteiger partial charge in [0.2, 0.25) is 0 Å². The van der Waals surface area contributed by atoms with Gasteiger partial charge in [-0.2, -0.15) is 0 Å². The van der Waals surface area contributed by atoms with Gasteiger partial charge in [0.05, 0.1) is 12.6 Å². The van der Waals surface area contributed by atoms with Crippen LogP contribution in [0, 0.1) is 0 Å². The molecule has 1 unspecified atom stereocenters. The Labute approximate surface area is 115 Å². The number of fused-ring (bicyclic) bond motifs is 1. The van der Waals surface area contributed by atoms with E-state index in [0.717, 1.165) is 16.3 Å². The third-order valence-electron chi connectivity index (χ3n) is 3.35. The summed E-state index contributed by atoms with van der Waals surface area (Å²) in [7, 11) is 0. The molecular formula is C15H15N3O2. The molecule has 0 fully saturated rings. The molecule has 1 atom stereocenters. The van der Waals surface area contributed by atoms with Crippen molar-refractivity contribution in [3.05, 3.63) is 64.4 Å². The number of nitrogens with two attached hydrogens (primary N) is 1. The summed E-state index contributed by atoms with van der Waals surface area (Å²) in [6, 6.07) is 14.9. The standard InChI is InChI=1S/C15H15N3O2/c16-14-8-15(20)18(17-14)9-13(19)12-7-3-5-10-4-1-2-6-11(10)12/h1-8,13,17,19H,9,16H2. The van der Waals surface area contributed by atoms with Crippen molar-refractivity contribution in [2.75, 3.05) is 5.73 Å². The van der Waals surface area contributed by atoms with E-state index in [-0.39, 0.29) is 12.1 Å². The van der Waals surface area contributed by atoms with Crippen LogP contribution in [0.3, 0.4) is 0 Å². The van der Waals surface area contributed by atoms with Gasteiger partial charge in [0.1, 0.15) is 5.82 Å². The number of H-pyrrole nitrogens is 1. The molecule has 0 bridgehead atoms. The summed E-state index contributed by atoms with van der Waals surface area (Å²) in [6.45, 7) is 0.143. The first-order valence-corrected chi connectivity index (χ1v) is 6.36. The highest BCUT2D eigenvalue weighted by molar-refractivity contribution is 5.85. The van der Waals surface area contributed by atoms with E-state index in [0.29, 0.717) is 5.82 Å². The van der Waals surface area contributed by atoms with Gasteiger partial charge < -0.3 is 10.8 Å². The lowest BCUT2D eigenvalue weighted by molar-refractivity contribution is 0.152. The number of rotatable bonds is 3. The number of aromatic nitrogens is 2. The molecule has 102 valence electrons. The van der Waals surface area contributed by atoms with Gasteiger partial charge in [-0.3, -0.25) is 9.89 Å². The Bertz CT molecular complexity index is 799. The molecule has 0 spiro atoms. The Morgan fingerprint density at radius 2 is 1.95 bits per heavy atom. The third-order valence-corrected chi connectivity index (χ3v) is 3.35. The molecule has 3 aromatic rings. The summed E-state index contributed by atoms with van der Waals surface area (Å²) < 4.78 is 1.31. The van der Waals surface area contributed by atoms with Crippen molar-refractivity contribution in [3.63, 3.8) is 0 Å². The van der Waals surface area contributed by atoms with E-state index >= 15 is 0 Å². The minimum atomic E-state index is -0.781. The second kappa shape index (κ2) is 4.86. The fraction of sp³-hybridized carbons (Fsp3) is 0.133. The van der Waals surface area contributed by atoms with Crippen molar-refractivity contribution in [2.24, 2.45) is 0 Å². The summed E-state index contributed by atoms with van der Waals surface area (Å²) in [5.74, 6) is 0.292. The Morgan fingerprint density at radius 1 is 1.20 bits per heavy atom. The zero-order chi connectivity index (χ0) is 14.1. The molecule has 0 saturated carbocycles. The minimum absolute atomic E-state index is 0.143. The number of nitrogens with one attached hydrogen (secondary N) is 1. The molecule has 0 saturated heterocycles. The first-order valence-electron chi connectivity index (χ1n) is 6.36. The number of aliphatic hydroxyl groups is 1. The summed E-state index contributed by atoms with van der Waals surface area (Å²) >= 11 is 0. The molecular weight excluding hydrogens is 254 g/mol. The van der Waals surface area contributed by atoms with E-state index < -0.39 is 6.10 Å². The lowest BCUT2D eigenvalue weighted by Gasteiger charge is -2.14. The lowest BCUT2D eigenvalue weighted by atomic mass is 10.0. The fourth-order valence-electron chi connectivity index (χ4n) is 2.40. The Kier molecular flexibility index (Phi) is 3.04. The van der Waals surface area contributed by atoms with Crippen LogP contribution in [-0.4, -0.2) is 14.9 Å². The van der Waals surface area contributed by atoms with Crippen LogP contribution in [0.5, 0.6) is 0 Å². The monoisotopic (exact) mass is 269 g/mol. The molecule has 5 nitrogen and oxygen atoms in total. The van der Waals surface area contributed by atoms with Crippen LogP contribution in [0.1, 0.15) is 11.7 Å². The number of aliphatic hydroxyl groups excluding tert-OH is 1. The van der Waals surface area contributed by atoms with Crippen molar-refractivity contribution in [3.8, 4) is 0 Å².